The molecule has 0 bridgehead atoms. The Balaban J connectivity index is 1.88. The summed E-state index contributed by atoms with van der Waals surface area (Å²) in [7, 11) is -3.70. The Labute approximate surface area is 152 Å². The van der Waals surface area contributed by atoms with Crippen molar-refractivity contribution in [2.45, 2.75) is 24.8 Å². The van der Waals surface area contributed by atoms with E-state index in [0.717, 1.165) is 5.56 Å². The molecule has 0 radical (unpaired) electrons. The number of carbonyl (C=O) groups excluding carboxylic acids is 1. The second kappa shape index (κ2) is 6.78. The number of piperazine rings is 1. The molecule has 0 spiro atoms. The first-order chi connectivity index (χ1) is 11.8. The molecule has 3 rings (SSSR count). The Kier molecular flexibility index (Phi) is 4.86. The van der Waals surface area contributed by atoms with Crippen LogP contribution < -0.4 is 4.90 Å². The summed E-state index contributed by atoms with van der Waals surface area (Å²) in [5.74, 6) is -0.259. The summed E-state index contributed by atoms with van der Waals surface area (Å²) < 4.78 is 26.9. The quantitative estimate of drug-likeness (QED) is 0.824. The van der Waals surface area contributed by atoms with E-state index < -0.39 is 16.1 Å². The van der Waals surface area contributed by atoms with E-state index in [1.54, 1.807) is 48.2 Å². The number of nitrogens with zero attached hydrogens (tertiary/aromatic N) is 2. The van der Waals surface area contributed by atoms with Gasteiger partial charge in [0, 0.05) is 23.8 Å². The lowest BCUT2D eigenvalue weighted by Crippen LogP contribution is -2.57. The summed E-state index contributed by atoms with van der Waals surface area (Å²) in [4.78, 5) is 14.6. The van der Waals surface area contributed by atoms with Gasteiger partial charge in [0.25, 0.3) is 0 Å². The summed E-state index contributed by atoms with van der Waals surface area (Å²) in [5, 5.41) is 0.581. The third kappa shape index (κ3) is 3.29. The molecule has 1 unspecified atom stereocenters. The maximum Gasteiger partial charge on any atom is 0.245 e. The van der Waals surface area contributed by atoms with Gasteiger partial charge in [0.15, 0.2) is 0 Å². The van der Waals surface area contributed by atoms with Gasteiger partial charge >= 0.3 is 0 Å². The fourth-order valence-corrected chi connectivity index (χ4v) is 4.69. The zero-order valence-corrected chi connectivity index (χ0v) is 15.6. The zero-order chi connectivity index (χ0) is 18.2. The second-order valence-corrected chi connectivity index (χ2v) is 8.33. The Morgan fingerprint density at radius 1 is 1.08 bits per heavy atom. The zero-order valence-electron chi connectivity index (χ0n) is 14.0. The molecule has 0 aliphatic carbocycles. The highest BCUT2D eigenvalue weighted by Gasteiger charge is 2.39. The Morgan fingerprint density at radius 3 is 2.40 bits per heavy atom. The number of hydrogen-bond donors (Lipinski definition) is 0. The maximum absolute atomic E-state index is 12.8. The van der Waals surface area contributed by atoms with Crippen LogP contribution in [0.2, 0.25) is 5.02 Å². The predicted molar refractivity (Wildman–Crippen MR) is 98.3 cm³/mol. The number of benzene rings is 2. The van der Waals surface area contributed by atoms with Crippen LogP contribution in [0.25, 0.3) is 0 Å². The monoisotopic (exact) mass is 378 g/mol. The molecule has 132 valence electrons. The summed E-state index contributed by atoms with van der Waals surface area (Å²) >= 11 is 6.15. The highest BCUT2D eigenvalue weighted by atomic mass is 35.5. The summed E-state index contributed by atoms with van der Waals surface area (Å²) in [5.41, 5.74) is 1.61. The van der Waals surface area contributed by atoms with E-state index in [1.165, 1.54) is 4.31 Å². The summed E-state index contributed by atoms with van der Waals surface area (Å²) in [6, 6.07) is 12.8. The van der Waals surface area contributed by atoms with Gasteiger partial charge in [-0.3, -0.25) is 4.79 Å². The number of halogens is 1. The molecule has 2 aromatic carbocycles. The molecule has 1 aliphatic rings. The molecule has 0 N–H and O–H groups in total. The molecule has 2 aromatic rings. The van der Waals surface area contributed by atoms with Gasteiger partial charge in [0.05, 0.1) is 4.90 Å². The highest BCUT2D eigenvalue weighted by molar-refractivity contribution is 7.89. The fourth-order valence-electron chi connectivity index (χ4n) is 2.91. The maximum atomic E-state index is 12.8. The van der Waals surface area contributed by atoms with E-state index in [4.69, 9.17) is 11.6 Å². The van der Waals surface area contributed by atoms with Gasteiger partial charge in [0.2, 0.25) is 15.9 Å². The minimum Gasteiger partial charge on any atom is -0.310 e. The van der Waals surface area contributed by atoms with Crippen molar-refractivity contribution in [3.8, 4) is 0 Å². The van der Waals surface area contributed by atoms with Crippen LogP contribution in [0.5, 0.6) is 0 Å². The van der Waals surface area contributed by atoms with Gasteiger partial charge in [0.1, 0.15) is 6.04 Å². The van der Waals surface area contributed by atoms with Crippen molar-refractivity contribution in [1.82, 2.24) is 4.31 Å². The van der Waals surface area contributed by atoms with Crippen molar-refractivity contribution in [2.75, 3.05) is 18.0 Å². The van der Waals surface area contributed by atoms with Crippen LogP contribution in [-0.2, 0) is 14.8 Å². The molecule has 1 saturated heterocycles. The van der Waals surface area contributed by atoms with Gasteiger partial charge in [-0.25, -0.2) is 8.42 Å². The van der Waals surface area contributed by atoms with Gasteiger partial charge in [-0.15, -0.1) is 0 Å². The number of carbonyl (C=O) groups is 1. The van der Waals surface area contributed by atoms with Gasteiger partial charge in [-0.1, -0.05) is 35.9 Å². The van der Waals surface area contributed by atoms with Crippen LogP contribution in [0.1, 0.15) is 12.5 Å². The molecule has 25 heavy (non-hydrogen) atoms. The molecule has 5 nitrogen and oxygen atoms in total. The number of amides is 1. The standard InChI is InChI=1S/C18H19ClN2O3S/c1-13-8-9-15(12-17(13)19)20-10-11-21(14(2)18(20)22)25(23,24)16-6-4-3-5-7-16/h3-9,12,14H,10-11H2,1-2H3. The first-order valence-electron chi connectivity index (χ1n) is 7.97. The van der Waals surface area contributed by atoms with Crippen molar-refractivity contribution < 1.29 is 13.2 Å². The Bertz CT molecular complexity index is 900. The molecule has 1 heterocycles. The van der Waals surface area contributed by atoms with E-state index in [9.17, 15) is 13.2 Å². The van der Waals surface area contributed by atoms with Crippen molar-refractivity contribution in [3.05, 3.63) is 59.1 Å². The first kappa shape index (κ1) is 17.9. The minimum absolute atomic E-state index is 0.196. The third-order valence-electron chi connectivity index (χ3n) is 4.42. The van der Waals surface area contributed by atoms with E-state index in [-0.39, 0.29) is 23.9 Å². The topological polar surface area (TPSA) is 57.7 Å². The molecule has 1 fully saturated rings. The number of anilines is 1. The second-order valence-electron chi connectivity index (χ2n) is 6.03. The molecule has 7 heteroatoms. The normalized spacial score (nSPS) is 19.2. The van der Waals surface area contributed by atoms with Gasteiger partial charge in [-0.05, 0) is 43.7 Å². The highest BCUT2D eigenvalue weighted by Crippen LogP contribution is 2.28. The molecule has 0 aromatic heterocycles. The van der Waals surface area contributed by atoms with Crippen LogP contribution in [0.3, 0.4) is 0 Å². The van der Waals surface area contributed by atoms with Gasteiger partial charge in [-0.2, -0.15) is 4.31 Å². The number of sulfonamides is 1. The summed E-state index contributed by atoms with van der Waals surface area (Å²) in [6.07, 6.45) is 0. The molecular formula is C18H19ClN2O3S. The largest absolute Gasteiger partial charge is 0.310 e. The van der Waals surface area contributed by atoms with Crippen molar-refractivity contribution in [2.24, 2.45) is 0 Å². The molecule has 0 saturated carbocycles. The lowest BCUT2D eigenvalue weighted by atomic mass is 10.1. The SMILES string of the molecule is Cc1ccc(N2CCN(S(=O)(=O)c3ccccc3)C(C)C2=O)cc1Cl. The van der Waals surface area contributed by atoms with Crippen LogP contribution in [0, 0.1) is 6.92 Å². The average molecular weight is 379 g/mol. The number of hydrogen-bond acceptors (Lipinski definition) is 3. The molecule has 1 atom stereocenters. The first-order valence-corrected chi connectivity index (χ1v) is 9.78. The Morgan fingerprint density at radius 2 is 1.76 bits per heavy atom. The van der Waals surface area contributed by atoms with Crippen molar-refractivity contribution in [1.29, 1.82) is 0 Å². The van der Waals surface area contributed by atoms with Crippen molar-refractivity contribution in [3.63, 3.8) is 0 Å². The van der Waals surface area contributed by atoms with Gasteiger partial charge < -0.3 is 4.90 Å². The van der Waals surface area contributed by atoms with E-state index in [1.807, 2.05) is 19.1 Å². The van der Waals surface area contributed by atoms with Crippen LogP contribution in [0.15, 0.2) is 53.4 Å². The van der Waals surface area contributed by atoms with E-state index >= 15 is 0 Å². The Hall–Kier alpha value is -1.89. The van der Waals surface area contributed by atoms with E-state index in [2.05, 4.69) is 0 Å². The fraction of sp³-hybridized carbons (Fsp3) is 0.278. The third-order valence-corrected chi connectivity index (χ3v) is 6.81. The van der Waals surface area contributed by atoms with Crippen LogP contribution >= 0.6 is 11.6 Å². The molecule has 1 aliphatic heterocycles. The lowest BCUT2D eigenvalue weighted by molar-refractivity contribution is -0.123. The summed E-state index contributed by atoms with van der Waals surface area (Å²) in [6.45, 7) is 4.02. The number of aryl methyl sites for hydroxylation is 1. The smallest absolute Gasteiger partial charge is 0.245 e. The average Bonchev–Trinajstić information content (AvgIpc) is 2.60. The van der Waals surface area contributed by atoms with Crippen molar-refractivity contribution >= 4 is 33.2 Å². The lowest BCUT2D eigenvalue weighted by Gasteiger charge is -2.38. The number of rotatable bonds is 3. The molecular weight excluding hydrogens is 360 g/mol. The van der Waals surface area contributed by atoms with Crippen LogP contribution in [0.4, 0.5) is 5.69 Å². The molecule has 1 amide bonds. The van der Waals surface area contributed by atoms with E-state index in [0.29, 0.717) is 10.7 Å². The minimum atomic E-state index is -3.70. The predicted octanol–water partition coefficient (Wildman–Crippen LogP) is 3.07. The van der Waals surface area contributed by atoms with Crippen LogP contribution in [-0.4, -0.2) is 37.8 Å².